The molecule has 1 heterocycles. The summed E-state index contributed by atoms with van der Waals surface area (Å²) in [4.78, 5) is 4.70. The summed E-state index contributed by atoms with van der Waals surface area (Å²) in [6, 6.07) is 8.46. The number of para-hydroxylation sites is 2. The minimum atomic E-state index is 0.242. The molecule has 2 rings (SSSR count). The number of rotatable bonds is 8. The molecule has 0 saturated heterocycles. The van der Waals surface area contributed by atoms with E-state index in [1.165, 1.54) is 5.52 Å². The van der Waals surface area contributed by atoms with E-state index in [2.05, 4.69) is 36.0 Å². The zero-order chi connectivity index (χ0) is 14.4. The Bertz CT molecular complexity index is 541. The van der Waals surface area contributed by atoms with E-state index in [4.69, 9.17) is 10.1 Å². The molecular weight excluding hydrogens is 270 g/mol. The van der Waals surface area contributed by atoms with Gasteiger partial charge in [-0.15, -0.1) is 0 Å². The number of imidazole rings is 1. The number of aryl methyl sites for hydroxylation is 1. The van der Waals surface area contributed by atoms with Crippen molar-refractivity contribution in [1.82, 2.24) is 14.9 Å². The van der Waals surface area contributed by atoms with Crippen LogP contribution in [0.3, 0.4) is 0 Å². The molecule has 20 heavy (non-hydrogen) atoms. The standard InChI is InChI=1S/C15H23N3OS/c1-12(16-8-11-20-10-5-9-19)15-17-13-6-3-4-7-14(13)18(15)2/h3-4,6-7,12,16,19H,5,8-11H2,1-2H3. The number of aliphatic hydroxyl groups is 1. The maximum Gasteiger partial charge on any atom is 0.126 e. The van der Waals surface area contributed by atoms with Gasteiger partial charge in [0.25, 0.3) is 0 Å². The Morgan fingerprint density at radius 1 is 1.35 bits per heavy atom. The third-order valence-electron chi connectivity index (χ3n) is 3.35. The van der Waals surface area contributed by atoms with E-state index >= 15 is 0 Å². The molecule has 110 valence electrons. The number of benzene rings is 1. The number of hydrogen-bond donors (Lipinski definition) is 2. The number of aromatic nitrogens is 2. The summed E-state index contributed by atoms with van der Waals surface area (Å²) in [6.07, 6.45) is 0.880. The number of fused-ring (bicyclic) bond motifs is 1. The van der Waals surface area contributed by atoms with Crippen LogP contribution in [0.4, 0.5) is 0 Å². The average molecular weight is 293 g/mol. The SMILES string of the molecule is CC(NCCSCCCO)c1nc2ccccc2n1C. The number of thioether (sulfide) groups is 1. The molecule has 0 aliphatic carbocycles. The molecule has 0 spiro atoms. The predicted molar refractivity (Wildman–Crippen MR) is 86.2 cm³/mol. The first-order chi connectivity index (χ1) is 9.74. The van der Waals surface area contributed by atoms with Gasteiger partial charge in [-0.25, -0.2) is 4.98 Å². The fourth-order valence-corrected chi connectivity index (χ4v) is 3.06. The fraction of sp³-hybridized carbons (Fsp3) is 0.533. The van der Waals surface area contributed by atoms with E-state index < -0.39 is 0 Å². The lowest BCUT2D eigenvalue weighted by Gasteiger charge is -2.13. The molecule has 2 aromatic rings. The van der Waals surface area contributed by atoms with Crippen molar-refractivity contribution in [2.75, 3.05) is 24.7 Å². The van der Waals surface area contributed by atoms with Crippen molar-refractivity contribution in [1.29, 1.82) is 0 Å². The highest BCUT2D eigenvalue weighted by Gasteiger charge is 2.13. The predicted octanol–water partition coefficient (Wildman–Crippen LogP) is 2.34. The van der Waals surface area contributed by atoms with E-state index in [-0.39, 0.29) is 12.6 Å². The maximum atomic E-state index is 8.72. The third kappa shape index (κ3) is 3.75. The average Bonchev–Trinajstić information content (AvgIpc) is 2.80. The lowest BCUT2D eigenvalue weighted by atomic mass is 10.3. The highest BCUT2D eigenvalue weighted by molar-refractivity contribution is 7.99. The molecule has 1 aromatic heterocycles. The van der Waals surface area contributed by atoms with Gasteiger partial charge in [-0.1, -0.05) is 12.1 Å². The van der Waals surface area contributed by atoms with Crippen LogP contribution >= 0.6 is 11.8 Å². The second-order valence-electron chi connectivity index (χ2n) is 4.88. The van der Waals surface area contributed by atoms with Crippen molar-refractivity contribution in [2.24, 2.45) is 7.05 Å². The van der Waals surface area contributed by atoms with E-state index in [1.54, 1.807) is 0 Å². The van der Waals surface area contributed by atoms with E-state index in [0.717, 1.165) is 35.8 Å². The molecule has 0 radical (unpaired) electrons. The zero-order valence-corrected chi connectivity index (χ0v) is 13.0. The Labute approximate surface area is 124 Å². The largest absolute Gasteiger partial charge is 0.396 e. The Hall–Kier alpha value is -1.04. The van der Waals surface area contributed by atoms with Gasteiger partial charge in [0.1, 0.15) is 5.82 Å². The van der Waals surface area contributed by atoms with Crippen molar-refractivity contribution in [2.45, 2.75) is 19.4 Å². The molecule has 0 fully saturated rings. The van der Waals surface area contributed by atoms with Crippen LogP contribution in [0.2, 0.25) is 0 Å². The van der Waals surface area contributed by atoms with Gasteiger partial charge in [0.15, 0.2) is 0 Å². The molecule has 0 aliphatic rings. The fourth-order valence-electron chi connectivity index (χ4n) is 2.26. The Kier molecular flexibility index (Phi) is 5.88. The highest BCUT2D eigenvalue weighted by Crippen LogP contribution is 2.19. The minimum absolute atomic E-state index is 0.242. The Balaban J connectivity index is 1.88. The molecule has 0 saturated carbocycles. The minimum Gasteiger partial charge on any atom is -0.396 e. The van der Waals surface area contributed by atoms with E-state index in [0.29, 0.717) is 0 Å². The molecule has 0 aliphatic heterocycles. The van der Waals surface area contributed by atoms with Crippen LogP contribution in [-0.2, 0) is 7.05 Å². The lowest BCUT2D eigenvalue weighted by molar-refractivity contribution is 0.296. The first kappa shape index (κ1) is 15.4. The molecule has 0 bridgehead atoms. The number of aliphatic hydroxyl groups excluding tert-OH is 1. The summed E-state index contributed by atoms with van der Waals surface area (Å²) < 4.78 is 2.16. The Morgan fingerprint density at radius 3 is 2.90 bits per heavy atom. The quantitative estimate of drug-likeness (QED) is 0.734. The van der Waals surface area contributed by atoms with E-state index in [9.17, 15) is 0 Å². The van der Waals surface area contributed by atoms with Crippen LogP contribution in [0.1, 0.15) is 25.2 Å². The van der Waals surface area contributed by atoms with Gasteiger partial charge in [0.05, 0.1) is 17.1 Å². The van der Waals surface area contributed by atoms with Gasteiger partial charge < -0.3 is 15.0 Å². The summed E-state index contributed by atoms with van der Waals surface area (Å²) in [6.45, 7) is 3.40. The second-order valence-corrected chi connectivity index (χ2v) is 6.11. The van der Waals surface area contributed by atoms with Crippen LogP contribution in [0.5, 0.6) is 0 Å². The monoisotopic (exact) mass is 293 g/mol. The van der Waals surface area contributed by atoms with Crippen molar-refractivity contribution < 1.29 is 5.11 Å². The van der Waals surface area contributed by atoms with Crippen molar-refractivity contribution in [3.8, 4) is 0 Å². The normalized spacial score (nSPS) is 12.9. The molecule has 2 N–H and O–H groups in total. The number of nitrogens with one attached hydrogen (secondary N) is 1. The van der Waals surface area contributed by atoms with Crippen LogP contribution in [0.25, 0.3) is 11.0 Å². The summed E-state index contributed by atoms with van der Waals surface area (Å²) in [5.41, 5.74) is 2.23. The van der Waals surface area contributed by atoms with Gasteiger partial charge >= 0.3 is 0 Å². The summed E-state index contributed by atoms with van der Waals surface area (Å²) in [5, 5.41) is 12.2. The Morgan fingerprint density at radius 2 is 2.15 bits per heavy atom. The second kappa shape index (κ2) is 7.67. The first-order valence-corrected chi connectivity index (χ1v) is 8.23. The number of hydrogen-bond acceptors (Lipinski definition) is 4. The van der Waals surface area contributed by atoms with E-state index in [1.807, 2.05) is 23.9 Å². The van der Waals surface area contributed by atoms with Crippen molar-refractivity contribution in [3.05, 3.63) is 30.1 Å². The zero-order valence-electron chi connectivity index (χ0n) is 12.2. The van der Waals surface area contributed by atoms with Crippen molar-refractivity contribution >= 4 is 22.8 Å². The van der Waals surface area contributed by atoms with Crippen LogP contribution in [0, 0.1) is 0 Å². The molecule has 5 heteroatoms. The van der Waals surface area contributed by atoms with Gasteiger partial charge in [-0.3, -0.25) is 0 Å². The summed E-state index contributed by atoms with van der Waals surface area (Å²) in [5.74, 6) is 3.17. The van der Waals surface area contributed by atoms with Crippen LogP contribution < -0.4 is 5.32 Å². The third-order valence-corrected chi connectivity index (χ3v) is 4.42. The van der Waals surface area contributed by atoms with Crippen LogP contribution in [-0.4, -0.2) is 39.3 Å². The van der Waals surface area contributed by atoms with Gasteiger partial charge in [0.2, 0.25) is 0 Å². The van der Waals surface area contributed by atoms with Gasteiger partial charge in [0, 0.05) is 26.0 Å². The molecule has 1 atom stereocenters. The molecule has 1 aromatic carbocycles. The molecule has 4 nitrogen and oxygen atoms in total. The lowest BCUT2D eigenvalue weighted by Crippen LogP contribution is -2.23. The molecular formula is C15H23N3OS. The highest BCUT2D eigenvalue weighted by atomic mass is 32.2. The number of nitrogens with zero attached hydrogens (tertiary/aromatic N) is 2. The van der Waals surface area contributed by atoms with Crippen molar-refractivity contribution in [3.63, 3.8) is 0 Å². The summed E-state index contributed by atoms with van der Waals surface area (Å²) in [7, 11) is 2.07. The van der Waals surface area contributed by atoms with Gasteiger partial charge in [-0.2, -0.15) is 11.8 Å². The smallest absolute Gasteiger partial charge is 0.126 e. The first-order valence-electron chi connectivity index (χ1n) is 7.07. The van der Waals surface area contributed by atoms with Gasteiger partial charge in [-0.05, 0) is 31.2 Å². The topological polar surface area (TPSA) is 50.1 Å². The van der Waals surface area contributed by atoms with Crippen LogP contribution in [0.15, 0.2) is 24.3 Å². The maximum absolute atomic E-state index is 8.72. The molecule has 0 amide bonds. The summed E-state index contributed by atoms with van der Waals surface area (Å²) >= 11 is 1.87. The molecule has 1 unspecified atom stereocenters.